The maximum absolute atomic E-state index is 6.00. The van der Waals surface area contributed by atoms with Crippen molar-refractivity contribution in [1.82, 2.24) is 5.32 Å². The second-order valence-corrected chi connectivity index (χ2v) is 6.39. The highest BCUT2D eigenvalue weighted by atomic mass is 16.5. The van der Waals surface area contributed by atoms with Gasteiger partial charge in [0.05, 0.1) is 12.1 Å². The summed E-state index contributed by atoms with van der Waals surface area (Å²) in [6.45, 7) is 5.49. The molecule has 0 aromatic heterocycles. The molecule has 2 unspecified atom stereocenters. The highest BCUT2D eigenvalue weighted by molar-refractivity contribution is 5.30. The van der Waals surface area contributed by atoms with Gasteiger partial charge in [-0.15, -0.1) is 0 Å². The molecule has 2 heteroatoms. The third kappa shape index (κ3) is 4.31. The van der Waals surface area contributed by atoms with Gasteiger partial charge in [-0.1, -0.05) is 50.5 Å². The smallest absolute Gasteiger partial charge is 0.0794 e. The zero-order valence-corrected chi connectivity index (χ0v) is 13.9. The summed E-state index contributed by atoms with van der Waals surface area (Å²) < 4.78 is 6.00. The molecular formula is C19H31NO. The van der Waals surface area contributed by atoms with Gasteiger partial charge >= 0.3 is 0 Å². The summed E-state index contributed by atoms with van der Waals surface area (Å²) in [6, 6.07) is 9.06. The average Bonchev–Trinajstić information content (AvgIpc) is 2.53. The van der Waals surface area contributed by atoms with Gasteiger partial charge in [0.15, 0.2) is 0 Å². The Morgan fingerprint density at radius 1 is 1.19 bits per heavy atom. The predicted octanol–water partition coefficient (Wildman–Crippen LogP) is 4.63. The summed E-state index contributed by atoms with van der Waals surface area (Å²) in [6.07, 6.45) is 8.19. The molecule has 0 radical (unpaired) electrons. The van der Waals surface area contributed by atoms with Crippen molar-refractivity contribution >= 4 is 0 Å². The number of nitrogens with one attached hydrogen (secondary N) is 1. The van der Waals surface area contributed by atoms with Crippen LogP contribution in [0.4, 0.5) is 0 Å². The molecule has 0 saturated heterocycles. The van der Waals surface area contributed by atoms with Gasteiger partial charge in [-0.2, -0.15) is 0 Å². The number of aryl methyl sites for hydroxylation is 1. The monoisotopic (exact) mass is 289 g/mol. The van der Waals surface area contributed by atoms with Crippen LogP contribution < -0.4 is 5.32 Å². The van der Waals surface area contributed by atoms with Crippen LogP contribution in [0, 0.1) is 12.8 Å². The fourth-order valence-electron chi connectivity index (χ4n) is 3.70. The minimum absolute atomic E-state index is 0.290. The van der Waals surface area contributed by atoms with Crippen LogP contribution in [-0.2, 0) is 4.74 Å². The summed E-state index contributed by atoms with van der Waals surface area (Å²) in [5.41, 5.74) is 2.77. The Hall–Kier alpha value is -0.860. The fraction of sp³-hybridized carbons (Fsp3) is 0.684. The summed E-state index contributed by atoms with van der Waals surface area (Å²) in [5, 5.41) is 3.75. The lowest BCUT2D eigenvalue weighted by Gasteiger charge is -2.36. The van der Waals surface area contributed by atoms with Crippen molar-refractivity contribution in [2.24, 2.45) is 5.92 Å². The number of benzene rings is 1. The lowest BCUT2D eigenvalue weighted by atomic mass is 9.80. The van der Waals surface area contributed by atoms with E-state index in [1.807, 2.05) is 7.11 Å². The molecule has 1 aliphatic carbocycles. The van der Waals surface area contributed by atoms with Crippen LogP contribution in [0.25, 0.3) is 0 Å². The van der Waals surface area contributed by atoms with Crippen molar-refractivity contribution in [1.29, 1.82) is 0 Å². The first kappa shape index (κ1) is 16.5. The zero-order valence-electron chi connectivity index (χ0n) is 13.9. The van der Waals surface area contributed by atoms with Gasteiger partial charge in [0.2, 0.25) is 0 Å². The first-order valence-corrected chi connectivity index (χ1v) is 8.59. The molecule has 0 amide bonds. The third-order valence-corrected chi connectivity index (χ3v) is 4.85. The van der Waals surface area contributed by atoms with E-state index in [1.54, 1.807) is 0 Å². The summed E-state index contributed by atoms with van der Waals surface area (Å²) in [5.74, 6) is 0.692. The SMILES string of the molecule is CCCNC(c1ccccc1C)C(OC)C1CCCCC1. The van der Waals surface area contributed by atoms with Crippen LogP contribution in [0.3, 0.4) is 0 Å². The number of hydrogen-bond donors (Lipinski definition) is 1. The first-order valence-electron chi connectivity index (χ1n) is 8.59. The van der Waals surface area contributed by atoms with Crippen LogP contribution in [0.1, 0.15) is 62.6 Å². The van der Waals surface area contributed by atoms with Gasteiger partial charge in [-0.05, 0) is 49.8 Å². The standard InChI is InChI=1S/C19H31NO/c1-4-14-20-18(17-13-9-8-10-15(17)2)19(21-3)16-11-6-5-7-12-16/h8-10,13,16,18-20H,4-7,11-12,14H2,1-3H3. The second kappa shape index (κ2) is 8.55. The maximum Gasteiger partial charge on any atom is 0.0794 e. The minimum atomic E-state index is 0.290. The van der Waals surface area contributed by atoms with Gasteiger partial charge in [0.25, 0.3) is 0 Å². The Bertz CT molecular complexity index is 412. The van der Waals surface area contributed by atoms with E-state index in [9.17, 15) is 0 Å². The molecule has 1 aromatic rings. The van der Waals surface area contributed by atoms with Crippen molar-refractivity contribution in [3.8, 4) is 0 Å². The predicted molar refractivity (Wildman–Crippen MR) is 89.6 cm³/mol. The van der Waals surface area contributed by atoms with Crippen molar-refractivity contribution in [3.05, 3.63) is 35.4 Å². The Balaban J connectivity index is 2.22. The molecule has 1 saturated carbocycles. The van der Waals surface area contributed by atoms with Gasteiger partial charge < -0.3 is 10.1 Å². The minimum Gasteiger partial charge on any atom is -0.379 e. The van der Waals surface area contributed by atoms with Crippen molar-refractivity contribution in [3.63, 3.8) is 0 Å². The van der Waals surface area contributed by atoms with E-state index in [4.69, 9.17) is 4.74 Å². The van der Waals surface area contributed by atoms with Gasteiger partial charge in [0, 0.05) is 7.11 Å². The van der Waals surface area contributed by atoms with Crippen LogP contribution in [-0.4, -0.2) is 19.8 Å². The number of ether oxygens (including phenoxy) is 1. The van der Waals surface area contributed by atoms with E-state index < -0.39 is 0 Å². The molecule has 2 nitrogen and oxygen atoms in total. The Kier molecular flexibility index (Phi) is 6.72. The fourth-order valence-corrected chi connectivity index (χ4v) is 3.70. The summed E-state index contributed by atoms with van der Waals surface area (Å²) in [4.78, 5) is 0. The maximum atomic E-state index is 6.00. The molecule has 0 bridgehead atoms. The number of hydrogen-bond acceptors (Lipinski definition) is 2. The quantitative estimate of drug-likeness (QED) is 0.790. The zero-order chi connectivity index (χ0) is 15.1. The van der Waals surface area contributed by atoms with E-state index in [0.717, 1.165) is 13.0 Å². The van der Waals surface area contributed by atoms with Crippen LogP contribution in [0.5, 0.6) is 0 Å². The molecule has 2 atom stereocenters. The topological polar surface area (TPSA) is 21.3 Å². The van der Waals surface area contributed by atoms with Gasteiger partial charge in [0.1, 0.15) is 0 Å². The van der Waals surface area contributed by atoms with E-state index in [1.165, 1.54) is 43.2 Å². The van der Waals surface area contributed by atoms with Gasteiger partial charge in [-0.25, -0.2) is 0 Å². The molecule has 21 heavy (non-hydrogen) atoms. The normalized spacial score (nSPS) is 19.4. The Morgan fingerprint density at radius 2 is 1.90 bits per heavy atom. The van der Waals surface area contributed by atoms with Crippen LogP contribution in [0.15, 0.2) is 24.3 Å². The Morgan fingerprint density at radius 3 is 2.52 bits per heavy atom. The van der Waals surface area contributed by atoms with E-state index in [0.29, 0.717) is 12.0 Å². The van der Waals surface area contributed by atoms with E-state index in [2.05, 4.69) is 43.4 Å². The molecule has 118 valence electrons. The van der Waals surface area contributed by atoms with Crippen LogP contribution in [0.2, 0.25) is 0 Å². The highest BCUT2D eigenvalue weighted by Crippen LogP contribution is 2.35. The lowest BCUT2D eigenvalue weighted by Crippen LogP contribution is -2.39. The molecule has 0 heterocycles. The molecule has 1 fully saturated rings. The number of rotatable bonds is 7. The third-order valence-electron chi connectivity index (χ3n) is 4.85. The average molecular weight is 289 g/mol. The van der Waals surface area contributed by atoms with Crippen molar-refractivity contribution in [2.45, 2.75) is 64.5 Å². The summed E-state index contributed by atoms with van der Waals surface area (Å²) >= 11 is 0. The van der Waals surface area contributed by atoms with Crippen molar-refractivity contribution < 1.29 is 4.74 Å². The summed E-state index contributed by atoms with van der Waals surface area (Å²) in [7, 11) is 1.89. The lowest BCUT2D eigenvalue weighted by molar-refractivity contribution is 0.00741. The molecule has 0 spiro atoms. The molecule has 2 rings (SSSR count). The molecule has 1 aromatic carbocycles. The molecule has 1 N–H and O–H groups in total. The van der Waals surface area contributed by atoms with Crippen molar-refractivity contribution in [2.75, 3.05) is 13.7 Å². The molecular weight excluding hydrogens is 258 g/mol. The largest absolute Gasteiger partial charge is 0.379 e. The first-order chi connectivity index (χ1) is 10.3. The van der Waals surface area contributed by atoms with E-state index in [-0.39, 0.29) is 6.10 Å². The van der Waals surface area contributed by atoms with E-state index >= 15 is 0 Å². The molecule has 0 aliphatic heterocycles. The second-order valence-electron chi connectivity index (χ2n) is 6.39. The van der Waals surface area contributed by atoms with Gasteiger partial charge in [-0.3, -0.25) is 0 Å². The highest BCUT2D eigenvalue weighted by Gasteiger charge is 2.31. The Labute approximate surface area is 130 Å². The number of methoxy groups -OCH3 is 1. The molecule has 1 aliphatic rings. The van der Waals surface area contributed by atoms with Crippen LogP contribution >= 0.6 is 0 Å².